The van der Waals surface area contributed by atoms with Crippen LogP contribution in [-0.2, 0) is 6.42 Å². The summed E-state index contributed by atoms with van der Waals surface area (Å²) in [6, 6.07) is 9.79. The fourth-order valence-electron chi connectivity index (χ4n) is 4.82. The number of fused-ring (bicyclic) bond motifs is 2. The minimum absolute atomic E-state index is 0.777. The summed E-state index contributed by atoms with van der Waals surface area (Å²) < 4.78 is 0. The third-order valence-corrected chi connectivity index (χ3v) is 5.81. The predicted octanol–water partition coefficient (Wildman–Crippen LogP) is 3.35. The van der Waals surface area contributed by atoms with Crippen LogP contribution in [-0.4, -0.2) is 13.1 Å². The van der Waals surface area contributed by atoms with E-state index in [1.807, 2.05) is 0 Å². The Kier molecular flexibility index (Phi) is 2.51. The standard InChI is InChI=1S/C17H23N/c1-18-16(17-14-7-4-8-15(14)17)10-12-9-11-5-2-3-6-13(11)12/h2-3,5-6,12,14-18H,4,7-10H2,1H3. The molecular weight excluding hydrogens is 218 g/mol. The SMILES string of the molecule is CNC(CC1Cc2ccccc21)C1C2CCCC21. The van der Waals surface area contributed by atoms with Gasteiger partial charge in [0.15, 0.2) is 0 Å². The topological polar surface area (TPSA) is 12.0 Å². The molecule has 0 aromatic heterocycles. The van der Waals surface area contributed by atoms with Gasteiger partial charge in [-0.2, -0.15) is 0 Å². The smallest absolute Gasteiger partial charge is 0.0104 e. The van der Waals surface area contributed by atoms with E-state index in [4.69, 9.17) is 0 Å². The van der Waals surface area contributed by atoms with Gasteiger partial charge in [-0.15, -0.1) is 0 Å². The van der Waals surface area contributed by atoms with Crippen LogP contribution < -0.4 is 5.32 Å². The van der Waals surface area contributed by atoms with Crippen LogP contribution in [0.4, 0.5) is 0 Å². The lowest BCUT2D eigenvalue weighted by Gasteiger charge is -2.33. The summed E-state index contributed by atoms with van der Waals surface area (Å²) in [5.74, 6) is 4.01. The van der Waals surface area contributed by atoms with Crippen LogP contribution in [0.15, 0.2) is 24.3 Å². The maximum atomic E-state index is 3.62. The molecular formula is C17H23N. The van der Waals surface area contributed by atoms with Crippen molar-refractivity contribution in [2.24, 2.45) is 17.8 Å². The zero-order chi connectivity index (χ0) is 12.1. The van der Waals surface area contributed by atoms with E-state index in [9.17, 15) is 0 Å². The summed E-state index contributed by atoms with van der Waals surface area (Å²) in [4.78, 5) is 0. The van der Waals surface area contributed by atoms with Crippen molar-refractivity contribution in [3.63, 3.8) is 0 Å². The Hall–Kier alpha value is -0.820. The van der Waals surface area contributed by atoms with Crippen molar-refractivity contribution in [2.45, 2.75) is 44.1 Å². The van der Waals surface area contributed by atoms with Gasteiger partial charge in [0, 0.05) is 6.04 Å². The molecule has 1 heteroatoms. The van der Waals surface area contributed by atoms with Gasteiger partial charge < -0.3 is 5.32 Å². The normalized spacial score (nSPS) is 37.6. The molecule has 1 N–H and O–H groups in total. The van der Waals surface area contributed by atoms with Crippen molar-refractivity contribution in [2.75, 3.05) is 7.05 Å². The second kappa shape index (κ2) is 4.09. The van der Waals surface area contributed by atoms with E-state index in [1.165, 1.54) is 32.1 Å². The molecule has 18 heavy (non-hydrogen) atoms. The second-order valence-electron chi connectivity index (χ2n) is 6.57. The first-order valence-corrected chi connectivity index (χ1v) is 7.63. The average molecular weight is 241 g/mol. The van der Waals surface area contributed by atoms with Crippen LogP contribution in [0, 0.1) is 17.8 Å². The third kappa shape index (κ3) is 1.56. The van der Waals surface area contributed by atoms with Crippen molar-refractivity contribution in [1.82, 2.24) is 5.32 Å². The highest BCUT2D eigenvalue weighted by molar-refractivity contribution is 5.40. The lowest BCUT2D eigenvalue weighted by molar-refractivity contribution is 0.367. The zero-order valence-corrected chi connectivity index (χ0v) is 11.2. The minimum atomic E-state index is 0.777. The Morgan fingerprint density at radius 1 is 1.22 bits per heavy atom. The van der Waals surface area contributed by atoms with Gasteiger partial charge in [-0.25, -0.2) is 0 Å². The fraction of sp³-hybridized carbons (Fsp3) is 0.647. The first kappa shape index (κ1) is 11.0. The molecule has 0 aliphatic heterocycles. The van der Waals surface area contributed by atoms with Crippen LogP contribution in [0.3, 0.4) is 0 Å². The quantitative estimate of drug-likeness (QED) is 0.852. The molecule has 0 spiro atoms. The van der Waals surface area contributed by atoms with Crippen LogP contribution in [0.1, 0.15) is 42.7 Å². The van der Waals surface area contributed by atoms with Gasteiger partial charge >= 0.3 is 0 Å². The molecule has 4 rings (SSSR count). The molecule has 2 saturated carbocycles. The molecule has 3 aliphatic carbocycles. The van der Waals surface area contributed by atoms with E-state index < -0.39 is 0 Å². The van der Waals surface area contributed by atoms with Crippen molar-refractivity contribution in [3.8, 4) is 0 Å². The maximum Gasteiger partial charge on any atom is 0.0104 e. The number of hydrogen-bond donors (Lipinski definition) is 1. The fourth-order valence-corrected chi connectivity index (χ4v) is 4.82. The van der Waals surface area contributed by atoms with Crippen molar-refractivity contribution < 1.29 is 0 Å². The molecule has 1 nitrogen and oxygen atoms in total. The van der Waals surface area contributed by atoms with Gasteiger partial charge in [0.05, 0.1) is 0 Å². The van der Waals surface area contributed by atoms with Crippen LogP contribution >= 0.6 is 0 Å². The number of rotatable bonds is 4. The van der Waals surface area contributed by atoms with Crippen LogP contribution in [0.2, 0.25) is 0 Å². The van der Waals surface area contributed by atoms with Crippen molar-refractivity contribution in [3.05, 3.63) is 35.4 Å². The molecule has 0 saturated heterocycles. The van der Waals surface area contributed by atoms with Crippen molar-refractivity contribution in [1.29, 1.82) is 0 Å². The zero-order valence-electron chi connectivity index (χ0n) is 11.2. The molecule has 4 atom stereocenters. The molecule has 0 amide bonds. The molecule has 3 aliphatic rings. The van der Waals surface area contributed by atoms with Gasteiger partial charge in [0.2, 0.25) is 0 Å². The summed E-state index contributed by atoms with van der Waals surface area (Å²) in [5, 5.41) is 3.62. The molecule has 1 aromatic carbocycles. The van der Waals surface area contributed by atoms with Crippen LogP contribution in [0.25, 0.3) is 0 Å². The molecule has 0 heterocycles. The molecule has 96 valence electrons. The van der Waals surface area contributed by atoms with Gasteiger partial charge in [0.25, 0.3) is 0 Å². The molecule has 4 unspecified atom stereocenters. The minimum Gasteiger partial charge on any atom is -0.317 e. The Morgan fingerprint density at radius 2 is 2.00 bits per heavy atom. The van der Waals surface area contributed by atoms with E-state index in [2.05, 4.69) is 36.6 Å². The largest absolute Gasteiger partial charge is 0.317 e. The monoisotopic (exact) mass is 241 g/mol. The van der Waals surface area contributed by atoms with Gasteiger partial charge in [-0.05, 0) is 67.5 Å². The van der Waals surface area contributed by atoms with Gasteiger partial charge in [-0.3, -0.25) is 0 Å². The number of nitrogens with one attached hydrogen (secondary N) is 1. The molecule has 0 bridgehead atoms. The van der Waals surface area contributed by atoms with E-state index >= 15 is 0 Å². The Labute approximate surface area is 110 Å². The summed E-state index contributed by atoms with van der Waals surface area (Å²) in [6.07, 6.45) is 7.19. The molecule has 0 radical (unpaired) electrons. The highest BCUT2D eigenvalue weighted by Crippen LogP contribution is 2.60. The van der Waals surface area contributed by atoms with E-state index in [-0.39, 0.29) is 0 Å². The Bertz CT molecular complexity index is 443. The number of benzene rings is 1. The molecule has 2 fully saturated rings. The summed E-state index contributed by atoms with van der Waals surface area (Å²) in [5.41, 5.74) is 3.22. The summed E-state index contributed by atoms with van der Waals surface area (Å²) in [7, 11) is 2.17. The lowest BCUT2D eigenvalue weighted by atomic mass is 9.73. The highest BCUT2D eigenvalue weighted by atomic mass is 14.9. The van der Waals surface area contributed by atoms with E-state index in [0.29, 0.717) is 0 Å². The van der Waals surface area contributed by atoms with Crippen molar-refractivity contribution >= 4 is 0 Å². The summed E-state index contributed by atoms with van der Waals surface area (Å²) >= 11 is 0. The van der Waals surface area contributed by atoms with Crippen LogP contribution in [0.5, 0.6) is 0 Å². The van der Waals surface area contributed by atoms with Gasteiger partial charge in [-0.1, -0.05) is 30.7 Å². The highest BCUT2D eigenvalue weighted by Gasteiger charge is 2.55. The Balaban J connectivity index is 1.43. The number of hydrogen-bond acceptors (Lipinski definition) is 1. The van der Waals surface area contributed by atoms with E-state index in [1.54, 1.807) is 11.1 Å². The Morgan fingerprint density at radius 3 is 2.72 bits per heavy atom. The first-order chi connectivity index (χ1) is 8.88. The third-order valence-electron chi connectivity index (χ3n) is 5.81. The second-order valence-corrected chi connectivity index (χ2v) is 6.57. The predicted molar refractivity (Wildman–Crippen MR) is 74.7 cm³/mol. The van der Waals surface area contributed by atoms with Gasteiger partial charge in [0.1, 0.15) is 0 Å². The lowest BCUT2D eigenvalue weighted by Crippen LogP contribution is -2.33. The van der Waals surface area contributed by atoms with E-state index in [0.717, 1.165) is 29.7 Å². The average Bonchev–Trinajstić information content (AvgIpc) is 2.84. The summed E-state index contributed by atoms with van der Waals surface area (Å²) in [6.45, 7) is 0. The molecule has 1 aromatic rings. The maximum absolute atomic E-state index is 3.62. The first-order valence-electron chi connectivity index (χ1n) is 7.63.